The number of carbonyl (C=O) groups excluding carboxylic acids is 1. The van der Waals surface area contributed by atoms with Gasteiger partial charge in [-0.25, -0.2) is 0 Å². The van der Waals surface area contributed by atoms with E-state index in [0.717, 1.165) is 33.4 Å². The SMILES string of the molecule is O=C1C=Cc2ccccc2C1=C(c1ccccc1)c1ccc(Cl)cc1. The number of benzene rings is 3. The standard InChI is InChI=1S/C23H15ClO/c24-19-13-10-18(11-14-19)22(17-7-2-1-3-8-17)23-20-9-5-4-6-16(20)12-15-21(23)25/h1-15H. The third kappa shape index (κ3) is 2.95. The van der Waals surface area contributed by atoms with Gasteiger partial charge in [0.25, 0.3) is 0 Å². The molecule has 0 saturated carbocycles. The molecule has 0 aromatic heterocycles. The van der Waals surface area contributed by atoms with Crippen molar-refractivity contribution in [3.05, 3.63) is 112 Å². The number of ketones is 1. The lowest BCUT2D eigenvalue weighted by molar-refractivity contribution is -0.109. The molecule has 0 spiro atoms. The summed E-state index contributed by atoms with van der Waals surface area (Å²) in [6, 6.07) is 25.6. The molecule has 1 aliphatic carbocycles. The average Bonchev–Trinajstić information content (AvgIpc) is 2.66. The van der Waals surface area contributed by atoms with E-state index in [0.29, 0.717) is 5.02 Å². The first-order valence-corrected chi connectivity index (χ1v) is 8.49. The molecule has 0 N–H and O–H groups in total. The van der Waals surface area contributed by atoms with Crippen molar-refractivity contribution in [1.82, 2.24) is 0 Å². The molecule has 0 atom stereocenters. The Labute approximate surface area is 151 Å². The van der Waals surface area contributed by atoms with Crippen LogP contribution in [0.2, 0.25) is 5.02 Å². The van der Waals surface area contributed by atoms with Crippen LogP contribution >= 0.6 is 11.6 Å². The summed E-state index contributed by atoms with van der Waals surface area (Å²) in [5.41, 5.74) is 5.66. The summed E-state index contributed by atoms with van der Waals surface area (Å²) in [7, 11) is 0. The van der Waals surface area contributed by atoms with Crippen LogP contribution in [0.5, 0.6) is 0 Å². The van der Waals surface area contributed by atoms with Gasteiger partial charge in [0.2, 0.25) is 0 Å². The van der Waals surface area contributed by atoms with Gasteiger partial charge in [-0.05, 0) is 40.5 Å². The van der Waals surface area contributed by atoms with Gasteiger partial charge >= 0.3 is 0 Å². The van der Waals surface area contributed by atoms with Crippen LogP contribution in [-0.2, 0) is 4.79 Å². The molecule has 0 amide bonds. The molecule has 0 bridgehead atoms. The first kappa shape index (κ1) is 15.6. The van der Waals surface area contributed by atoms with E-state index >= 15 is 0 Å². The molecule has 4 rings (SSSR count). The van der Waals surface area contributed by atoms with Gasteiger partial charge in [0.15, 0.2) is 5.78 Å². The average molecular weight is 343 g/mol. The third-order valence-electron chi connectivity index (χ3n) is 4.34. The number of rotatable bonds is 2. The van der Waals surface area contributed by atoms with E-state index in [1.807, 2.05) is 84.9 Å². The summed E-state index contributed by atoms with van der Waals surface area (Å²) >= 11 is 6.06. The number of hydrogen-bond donors (Lipinski definition) is 0. The Kier molecular flexibility index (Phi) is 4.09. The van der Waals surface area contributed by atoms with Crippen molar-refractivity contribution in [2.24, 2.45) is 0 Å². The Balaban J connectivity index is 2.06. The Hall–Kier alpha value is -2.90. The second kappa shape index (κ2) is 6.54. The van der Waals surface area contributed by atoms with Crippen LogP contribution in [0.1, 0.15) is 22.3 Å². The van der Waals surface area contributed by atoms with Crippen molar-refractivity contribution in [3.8, 4) is 0 Å². The highest BCUT2D eigenvalue weighted by molar-refractivity contribution is 6.36. The number of fused-ring (bicyclic) bond motifs is 1. The quantitative estimate of drug-likeness (QED) is 0.530. The fourth-order valence-electron chi connectivity index (χ4n) is 3.19. The molecule has 0 aliphatic heterocycles. The Morgan fingerprint density at radius 3 is 2.08 bits per heavy atom. The molecule has 3 aromatic rings. The Morgan fingerprint density at radius 1 is 0.680 bits per heavy atom. The highest BCUT2D eigenvalue weighted by Gasteiger charge is 2.22. The van der Waals surface area contributed by atoms with E-state index < -0.39 is 0 Å². The monoisotopic (exact) mass is 342 g/mol. The van der Waals surface area contributed by atoms with E-state index in [1.54, 1.807) is 6.08 Å². The summed E-state index contributed by atoms with van der Waals surface area (Å²) in [6.07, 6.45) is 3.53. The topological polar surface area (TPSA) is 17.1 Å². The van der Waals surface area contributed by atoms with E-state index in [4.69, 9.17) is 11.6 Å². The molecule has 0 radical (unpaired) electrons. The van der Waals surface area contributed by atoms with Gasteiger partial charge < -0.3 is 0 Å². The Bertz CT molecular complexity index is 996. The van der Waals surface area contributed by atoms with Crippen molar-refractivity contribution >= 4 is 34.6 Å². The van der Waals surface area contributed by atoms with Gasteiger partial charge in [0, 0.05) is 16.2 Å². The van der Waals surface area contributed by atoms with Gasteiger partial charge in [0.05, 0.1) is 0 Å². The zero-order chi connectivity index (χ0) is 17.2. The smallest absolute Gasteiger partial charge is 0.187 e. The fourth-order valence-corrected chi connectivity index (χ4v) is 3.31. The second-order valence-electron chi connectivity index (χ2n) is 5.91. The second-order valence-corrected chi connectivity index (χ2v) is 6.34. The van der Waals surface area contributed by atoms with E-state index in [2.05, 4.69) is 0 Å². The van der Waals surface area contributed by atoms with Gasteiger partial charge in [0.1, 0.15) is 0 Å². The highest BCUT2D eigenvalue weighted by atomic mass is 35.5. The van der Waals surface area contributed by atoms with Crippen molar-refractivity contribution in [1.29, 1.82) is 0 Å². The van der Waals surface area contributed by atoms with Crippen LogP contribution in [0, 0.1) is 0 Å². The molecule has 0 saturated heterocycles. The normalized spacial score (nSPS) is 15.0. The summed E-state index contributed by atoms with van der Waals surface area (Å²) in [4.78, 5) is 12.8. The van der Waals surface area contributed by atoms with Gasteiger partial charge in [-0.15, -0.1) is 0 Å². The first-order chi connectivity index (χ1) is 12.2. The lowest BCUT2D eigenvalue weighted by Crippen LogP contribution is -2.08. The maximum atomic E-state index is 12.8. The Morgan fingerprint density at radius 2 is 1.32 bits per heavy atom. The minimum atomic E-state index is 0.0208. The van der Waals surface area contributed by atoms with Crippen molar-refractivity contribution in [2.75, 3.05) is 0 Å². The van der Waals surface area contributed by atoms with Gasteiger partial charge in [-0.3, -0.25) is 4.79 Å². The molecule has 2 heteroatoms. The van der Waals surface area contributed by atoms with Gasteiger partial charge in [-0.1, -0.05) is 84.4 Å². The maximum Gasteiger partial charge on any atom is 0.187 e. The van der Waals surface area contributed by atoms with E-state index in [1.165, 1.54) is 0 Å². The van der Waals surface area contributed by atoms with Crippen LogP contribution in [-0.4, -0.2) is 5.78 Å². The third-order valence-corrected chi connectivity index (χ3v) is 4.59. The van der Waals surface area contributed by atoms with Crippen molar-refractivity contribution < 1.29 is 4.79 Å². The number of carbonyl (C=O) groups is 1. The number of halogens is 1. The molecule has 25 heavy (non-hydrogen) atoms. The summed E-state index contributed by atoms with van der Waals surface area (Å²) < 4.78 is 0. The maximum absolute atomic E-state index is 12.8. The van der Waals surface area contributed by atoms with Crippen LogP contribution in [0.15, 0.2) is 84.9 Å². The fraction of sp³-hybridized carbons (Fsp3) is 0. The predicted molar refractivity (Wildman–Crippen MR) is 104 cm³/mol. The summed E-state index contributed by atoms with van der Waals surface area (Å²) in [5.74, 6) is 0.0208. The van der Waals surface area contributed by atoms with Crippen LogP contribution in [0.4, 0.5) is 0 Å². The summed E-state index contributed by atoms with van der Waals surface area (Å²) in [6.45, 7) is 0. The molecule has 0 heterocycles. The lowest BCUT2D eigenvalue weighted by atomic mass is 9.83. The molecular weight excluding hydrogens is 328 g/mol. The first-order valence-electron chi connectivity index (χ1n) is 8.11. The molecule has 1 aliphatic rings. The molecular formula is C23H15ClO. The summed E-state index contributed by atoms with van der Waals surface area (Å²) in [5, 5.41) is 0.677. The molecule has 1 nitrogen and oxygen atoms in total. The minimum absolute atomic E-state index is 0.0208. The van der Waals surface area contributed by atoms with Gasteiger partial charge in [-0.2, -0.15) is 0 Å². The van der Waals surface area contributed by atoms with E-state index in [9.17, 15) is 4.79 Å². The lowest BCUT2D eigenvalue weighted by Gasteiger charge is -2.19. The molecule has 120 valence electrons. The zero-order valence-electron chi connectivity index (χ0n) is 13.4. The molecule has 0 unspecified atom stereocenters. The number of hydrogen-bond acceptors (Lipinski definition) is 1. The number of allylic oxidation sites excluding steroid dienone is 2. The predicted octanol–water partition coefficient (Wildman–Crippen LogP) is 5.90. The van der Waals surface area contributed by atoms with Crippen LogP contribution < -0.4 is 0 Å². The largest absolute Gasteiger partial charge is 0.289 e. The van der Waals surface area contributed by atoms with Crippen LogP contribution in [0.25, 0.3) is 17.2 Å². The van der Waals surface area contributed by atoms with Crippen molar-refractivity contribution in [2.45, 2.75) is 0 Å². The molecule has 0 fully saturated rings. The van der Waals surface area contributed by atoms with E-state index in [-0.39, 0.29) is 5.78 Å². The van der Waals surface area contributed by atoms with Crippen molar-refractivity contribution in [3.63, 3.8) is 0 Å². The zero-order valence-corrected chi connectivity index (χ0v) is 14.2. The highest BCUT2D eigenvalue weighted by Crippen LogP contribution is 2.37. The minimum Gasteiger partial charge on any atom is -0.289 e. The van der Waals surface area contributed by atoms with Crippen LogP contribution in [0.3, 0.4) is 0 Å². The molecule has 3 aromatic carbocycles.